The lowest BCUT2D eigenvalue weighted by Gasteiger charge is -2.20. The van der Waals surface area contributed by atoms with Crippen LogP contribution in [0.15, 0.2) is 18.2 Å². The zero-order valence-corrected chi connectivity index (χ0v) is 14.8. The van der Waals surface area contributed by atoms with Crippen molar-refractivity contribution in [2.24, 2.45) is 5.92 Å². The summed E-state index contributed by atoms with van der Waals surface area (Å²) in [5.74, 6) is -0.566. The van der Waals surface area contributed by atoms with E-state index in [1.54, 1.807) is 6.07 Å². The predicted molar refractivity (Wildman–Crippen MR) is 95.2 cm³/mol. The summed E-state index contributed by atoms with van der Waals surface area (Å²) in [7, 11) is 0. The van der Waals surface area contributed by atoms with Crippen molar-refractivity contribution in [1.82, 2.24) is 5.32 Å². The molecular weight excluding hydrogens is 338 g/mol. The van der Waals surface area contributed by atoms with Crippen molar-refractivity contribution < 1.29 is 19.2 Å². The number of benzene rings is 1. The van der Waals surface area contributed by atoms with Crippen LogP contribution in [0.5, 0.6) is 0 Å². The normalized spacial score (nSPS) is 17.7. The van der Waals surface area contributed by atoms with Crippen LogP contribution in [-0.2, 0) is 9.53 Å². The van der Waals surface area contributed by atoms with Gasteiger partial charge in [0.2, 0.25) is 0 Å². The summed E-state index contributed by atoms with van der Waals surface area (Å²) in [5, 5.41) is 13.9. The highest BCUT2D eigenvalue weighted by Gasteiger charge is 2.29. The molecule has 0 unspecified atom stereocenters. The standard InChI is InChI=1S/C18H23N3O5/c1-12(13-4-5-13)19-17(22)11-26-18(23)15-10-14(21(24)25)6-7-16(15)20-8-2-3-9-20/h6-7,10,12-13H,2-5,8-9,11H2,1H3,(H,19,22)/t12-/m0/s1. The highest BCUT2D eigenvalue weighted by Crippen LogP contribution is 2.32. The van der Waals surface area contributed by atoms with Gasteiger partial charge in [0.15, 0.2) is 6.61 Å². The molecule has 0 spiro atoms. The number of nitro groups is 1. The van der Waals surface area contributed by atoms with Crippen LogP contribution >= 0.6 is 0 Å². The van der Waals surface area contributed by atoms with Crippen LogP contribution in [0.3, 0.4) is 0 Å². The van der Waals surface area contributed by atoms with Gasteiger partial charge in [0.25, 0.3) is 11.6 Å². The van der Waals surface area contributed by atoms with Crippen molar-refractivity contribution in [1.29, 1.82) is 0 Å². The van der Waals surface area contributed by atoms with Gasteiger partial charge in [-0.15, -0.1) is 0 Å². The van der Waals surface area contributed by atoms with E-state index >= 15 is 0 Å². The number of hydrogen-bond acceptors (Lipinski definition) is 6. The van der Waals surface area contributed by atoms with Gasteiger partial charge in [-0.05, 0) is 44.6 Å². The average molecular weight is 361 g/mol. The first-order valence-electron chi connectivity index (χ1n) is 8.95. The van der Waals surface area contributed by atoms with E-state index in [1.807, 2.05) is 11.8 Å². The lowest BCUT2D eigenvalue weighted by molar-refractivity contribution is -0.384. The minimum Gasteiger partial charge on any atom is -0.452 e. The Hall–Kier alpha value is -2.64. The second-order valence-electron chi connectivity index (χ2n) is 6.92. The number of esters is 1. The molecule has 8 nitrogen and oxygen atoms in total. The molecule has 1 aromatic rings. The summed E-state index contributed by atoms with van der Waals surface area (Å²) in [6.45, 7) is 3.12. The first kappa shape index (κ1) is 18.2. The Kier molecular flexibility index (Phi) is 5.39. The summed E-state index contributed by atoms with van der Waals surface area (Å²) < 4.78 is 5.13. The van der Waals surface area contributed by atoms with Gasteiger partial charge < -0.3 is 15.0 Å². The van der Waals surface area contributed by atoms with Crippen molar-refractivity contribution in [3.63, 3.8) is 0 Å². The van der Waals surface area contributed by atoms with Crippen LogP contribution in [-0.4, -0.2) is 42.5 Å². The third kappa shape index (κ3) is 4.30. The Balaban J connectivity index is 1.68. The minimum absolute atomic E-state index is 0.0687. The van der Waals surface area contributed by atoms with E-state index in [4.69, 9.17) is 4.74 Å². The molecule has 0 radical (unpaired) electrons. The molecule has 1 amide bonds. The largest absolute Gasteiger partial charge is 0.452 e. The quantitative estimate of drug-likeness (QED) is 0.454. The van der Waals surface area contributed by atoms with Crippen molar-refractivity contribution >= 4 is 23.3 Å². The second kappa shape index (κ2) is 7.72. The number of nitrogens with one attached hydrogen (secondary N) is 1. The van der Waals surface area contributed by atoms with Gasteiger partial charge in [-0.25, -0.2) is 4.79 Å². The summed E-state index contributed by atoms with van der Waals surface area (Å²) in [5.41, 5.74) is 0.570. The third-order valence-electron chi connectivity index (χ3n) is 4.91. The van der Waals surface area contributed by atoms with Crippen molar-refractivity contribution in [3.05, 3.63) is 33.9 Å². The van der Waals surface area contributed by atoms with Gasteiger partial charge in [-0.3, -0.25) is 14.9 Å². The predicted octanol–water partition coefficient (Wildman–Crippen LogP) is 2.27. The minimum atomic E-state index is -0.718. The zero-order chi connectivity index (χ0) is 18.7. The molecule has 140 valence electrons. The fraction of sp³-hybridized carbons (Fsp3) is 0.556. The number of rotatable bonds is 7. The summed E-state index contributed by atoms with van der Waals surface area (Å²) >= 11 is 0. The van der Waals surface area contributed by atoms with E-state index in [9.17, 15) is 19.7 Å². The summed E-state index contributed by atoms with van der Waals surface area (Å²) in [6, 6.07) is 4.25. The molecule has 1 N–H and O–H groups in total. The summed E-state index contributed by atoms with van der Waals surface area (Å²) in [4.78, 5) is 36.9. The van der Waals surface area contributed by atoms with E-state index < -0.39 is 17.5 Å². The number of nitrogens with zero attached hydrogens (tertiary/aromatic N) is 2. The van der Waals surface area contributed by atoms with E-state index in [-0.39, 0.29) is 23.2 Å². The maximum atomic E-state index is 12.5. The van der Waals surface area contributed by atoms with Crippen LogP contribution in [0.25, 0.3) is 0 Å². The van der Waals surface area contributed by atoms with Gasteiger partial charge in [-0.2, -0.15) is 0 Å². The molecule has 2 aliphatic rings. The molecule has 3 rings (SSSR count). The van der Waals surface area contributed by atoms with Gasteiger partial charge >= 0.3 is 5.97 Å². The van der Waals surface area contributed by atoms with Crippen LogP contribution < -0.4 is 10.2 Å². The molecule has 1 saturated heterocycles. The first-order chi connectivity index (χ1) is 12.5. The number of carbonyl (C=O) groups is 2. The van der Waals surface area contributed by atoms with Crippen molar-refractivity contribution in [2.75, 3.05) is 24.6 Å². The van der Waals surface area contributed by atoms with E-state index in [0.717, 1.165) is 38.8 Å². The highest BCUT2D eigenvalue weighted by molar-refractivity contribution is 5.97. The SMILES string of the molecule is C[C@H](NC(=O)COC(=O)c1cc([N+](=O)[O-])ccc1N1CCCC1)C1CC1. The Morgan fingerprint density at radius 1 is 1.35 bits per heavy atom. The van der Waals surface area contributed by atoms with E-state index in [1.165, 1.54) is 12.1 Å². The Morgan fingerprint density at radius 2 is 2.04 bits per heavy atom. The van der Waals surface area contributed by atoms with Crippen LogP contribution in [0.1, 0.15) is 43.0 Å². The number of nitro benzene ring substituents is 1. The topological polar surface area (TPSA) is 102 Å². The first-order valence-corrected chi connectivity index (χ1v) is 8.95. The highest BCUT2D eigenvalue weighted by atomic mass is 16.6. The molecule has 1 heterocycles. The molecule has 0 bridgehead atoms. The Morgan fingerprint density at radius 3 is 2.65 bits per heavy atom. The number of carbonyl (C=O) groups excluding carboxylic acids is 2. The maximum Gasteiger partial charge on any atom is 0.341 e. The Labute approximate surface area is 151 Å². The maximum absolute atomic E-state index is 12.5. The number of ether oxygens (including phenoxy) is 1. The van der Waals surface area contributed by atoms with E-state index in [0.29, 0.717) is 11.6 Å². The molecule has 26 heavy (non-hydrogen) atoms. The van der Waals surface area contributed by atoms with E-state index in [2.05, 4.69) is 5.32 Å². The Bertz CT molecular complexity index is 711. The molecule has 0 aromatic heterocycles. The molecule has 1 aromatic carbocycles. The monoisotopic (exact) mass is 361 g/mol. The number of anilines is 1. The van der Waals surface area contributed by atoms with Crippen LogP contribution in [0.4, 0.5) is 11.4 Å². The second-order valence-corrected chi connectivity index (χ2v) is 6.92. The number of hydrogen-bond donors (Lipinski definition) is 1. The summed E-state index contributed by atoms with van der Waals surface area (Å²) in [6.07, 6.45) is 4.22. The van der Waals surface area contributed by atoms with Gasteiger partial charge in [0, 0.05) is 31.3 Å². The lowest BCUT2D eigenvalue weighted by atomic mass is 10.1. The molecule has 2 fully saturated rings. The van der Waals surface area contributed by atoms with Crippen molar-refractivity contribution in [3.8, 4) is 0 Å². The molecule has 1 aliphatic heterocycles. The average Bonchev–Trinajstić information content (AvgIpc) is 3.34. The van der Waals surface area contributed by atoms with Crippen LogP contribution in [0.2, 0.25) is 0 Å². The fourth-order valence-corrected chi connectivity index (χ4v) is 3.25. The smallest absolute Gasteiger partial charge is 0.341 e. The lowest BCUT2D eigenvalue weighted by Crippen LogP contribution is -2.37. The number of amides is 1. The number of non-ortho nitro benzene ring substituents is 1. The fourth-order valence-electron chi connectivity index (χ4n) is 3.25. The third-order valence-corrected chi connectivity index (χ3v) is 4.91. The van der Waals surface area contributed by atoms with Gasteiger partial charge in [0.05, 0.1) is 16.2 Å². The zero-order valence-electron chi connectivity index (χ0n) is 14.8. The molecule has 8 heteroatoms. The van der Waals surface area contributed by atoms with Crippen LogP contribution in [0, 0.1) is 16.0 Å². The van der Waals surface area contributed by atoms with Gasteiger partial charge in [-0.1, -0.05) is 0 Å². The molecule has 1 saturated carbocycles. The van der Waals surface area contributed by atoms with Crippen molar-refractivity contribution in [2.45, 2.75) is 38.6 Å². The van der Waals surface area contributed by atoms with Gasteiger partial charge in [0.1, 0.15) is 0 Å². The molecule has 1 atom stereocenters. The molecular formula is C18H23N3O5. The molecule has 1 aliphatic carbocycles.